The van der Waals surface area contributed by atoms with Crippen LogP contribution in [0.4, 0.5) is 5.13 Å². The van der Waals surface area contributed by atoms with Crippen LogP contribution in [0.1, 0.15) is 24.1 Å². The van der Waals surface area contributed by atoms with Gasteiger partial charge in [0.25, 0.3) is 0 Å². The summed E-state index contributed by atoms with van der Waals surface area (Å²) in [5.41, 5.74) is 3.14. The molecule has 4 rings (SSSR count). The summed E-state index contributed by atoms with van der Waals surface area (Å²) in [6.07, 6.45) is 7.73. The van der Waals surface area contributed by atoms with Crippen LogP contribution < -0.4 is 5.32 Å². The molecule has 0 spiro atoms. The zero-order valence-corrected chi connectivity index (χ0v) is 14.3. The van der Waals surface area contributed by atoms with Crippen molar-refractivity contribution in [1.29, 1.82) is 0 Å². The van der Waals surface area contributed by atoms with E-state index in [0.717, 1.165) is 30.7 Å². The molecule has 1 N–H and O–H groups in total. The Balaban J connectivity index is 1.48. The van der Waals surface area contributed by atoms with Gasteiger partial charge in [0.1, 0.15) is 5.65 Å². The number of hydrogen-bond acceptors (Lipinski definition) is 5. The number of carbonyl (C=O) groups is 1. The summed E-state index contributed by atoms with van der Waals surface area (Å²) in [4.78, 5) is 23.5. The first-order valence-corrected chi connectivity index (χ1v) is 8.96. The van der Waals surface area contributed by atoms with Crippen molar-refractivity contribution in [1.82, 2.24) is 19.3 Å². The van der Waals surface area contributed by atoms with Gasteiger partial charge in [-0.3, -0.25) is 9.69 Å². The van der Waals surface area contributed by atoms with Crippen LogP contribution in [-0.2, 0) is 11.3 Å². The summed E-state index contributed by atoms with van der Waals surface area (Å²) in [6, 6.07) is 3.97. The van der Waals surface area contributed by atoms with Crippen molar-refractivity contribution in [3.05, 3.63) is 47.4 Å². The maximum absolute atomic E-state index is 12.5. The summed E-state index contributed by atoms with van der Waals surface area (Å²) in [7, 11) is 0. The summed E-state index contributed by atoms with van der Waals surface area (Å²) < 4.78 is 2.05. The van der Waals surface area contributed by atoms with E-state index in [4.69, 9.17) is 0 Å². The van der Waals surface area contributed by atoms with Gasteiger partial charge >= 0.3 is 0 Å². The second-order valence-corrected chi connectivity index (χ2v) is 7.05. The first-order valence-electron chi connectivity index (χ1n) is 8.08. The van der Waals surface area contributed by atoms with Crippen LogP contribution in [0.15, 0.2) is 36.1 Å². The number of pyridine rings is 1. The summed E-state index contributed by atoms with van der Waals surface area (Å²) in [5.74, 6) is 0.0297. The molecule has 3 aromatic heterocycles. The van der Waals surface area contributed by atoms with Gasteiger partial charge in [-0.1, -0.05) is 6.07 Å². The Hall–Kier alpha value is -2.25. The highest BCUT2D eigenvalue weighted by molar-refractivity contribution is 7.13. The number of aryl methyl sites for hydroxylation is 1. The zero-order chi connectivity index (χ0) is 16.5. The molecule has 0 radical (unpaired) electrons. The number of amides is 1. The number of imidazole rings is 1. The summed E-state index contributed by atoms with van der Waals surface area (Å²) in [6.45, 7) is 3.68. The first-order chi connectivity index (χ1) is 11.7. The van der Waals surface area contributed by atoms with E-state index in [1.807, 2.05) is 15.8 Å². The second-order valence-electron chi connectivity index (χ2n) is 6.16. The molecule has 7 heteroatoms. The zero-order valence-electron chi connectivity index (χ0n) is 13.5. The molecular formula is C17H19N5OS. The molecular weight excluding hydrogens is 322 g/mol. The molecule has 0 aliphatic carbocycles. The lowest BCUT2D eigenvalue weighted by atomic mass is 10.2. The minimum Gasteiger partial charge on any atom is -0.307 e. The van der Waals surface area contributed by atoms with E-state index in [1.54, 1.807) is 6.20 Å². The van der Waals surface area contributed by atoms with E-state index in [0.29, 0.717) is 11.7 Å². The maximum atomic E-state index is 12.5. The molecule has 6 nitrogen and oxygen atoms in total. The van der Waals surface area contributed by atoms with Crippen LogP contribution in [0, 0.1) is 6.92 Å². The molecule has 3 aromatic rings. The highest BCUT2D eigenvalue weighted by atomic mass is 32.1. The molecule has 24 heavy (non-hydrogen) atoms. The smallest absolute Gasteiger partial charge is 0.243 e. The monoisotopic (exact) mass is 341 g/mol. The van der Waals surface area contributed by atoms with E-state index in [2.05, 4.69) is 45.6 Å². The Morgan fingerprint density at radius 3 is 3.17 bits per heavy atom. The van der Waals surface area contributed by atoms with Gasteiger partial charge in [0.05, 0.1) is 11.7 Å². The van der Waals surface area contributed by atoms with Crippen LogP contribution in [0.2, 0.25) is 0 Å². The standard InChI is InChI=1S/C17H19N5OS/c1-12-4-5-15-19-13(11-22(15)9-12)10-21-7-2-3-14(21)16(23)20-17-18-6-8-24-17/h4-6,8-9,11,14H,2-3,7,10H2,1H3,(H,18,20,23). The Morgan fingerprint density at radius 1 is 1.42 bits per heavy atom. The summed E-state index contributed by atoms with van der Waals surface area (Å²) >= 11 is 1.44. The summed E-state index contributed by atoms with van der Waals surface area (Å²) in [5, 5.41) is 5.44. The van der Waals surface area contributed by atoms with E-state index in [1.165, 1.54) is 16.9 Å². The molecule has 0 saturated carbocycles. The van der Waals surface area contributed by atoms with E-state index < -0.39 is 0 Å². The molecule has 1 atom stereocenters. The van der Waals surface area contributed by atoms with E-state index in [-0.39, 0.29) is 11.9 Å². The van der Waals surface area contributed by atoms with Crippen molar-refractivity contribution in [3.63, 3.8) is 0 Å². The predicted octanol–water partition coefficient (Wildman–Crippen LogP) is 2.70. The van der Waals surface area contributed by atoms with Crippen LogP contribution in [0.3, 0.4) is 0 Å². The van der Waals surface area contributed by atoms with Gasteiger partial charge < -0.3 is 9.72 Å². The topological polar surface area (TPSA) is 62.5 Å². The molecule has 1 amide bonds. The number of anilines is 1. The Morgan fingerprint density at radius 2 is 2.33 bits per heavy atom. The quantitative estimate of drug-likeness (QED) is 0.792. The number of thiazole rings is 1. The van der Waals surface area contributed by atoms with Crippen molar-refractivity contribution in [2.24, 2.45) is 0 Å². The molecule has 124 valence electrons. The van der Waals surface area contributed by atoms with Gasteiger partial charge in [0.2, 0.25) is 5.91 Å². The number of fused-ring (bicyclic) bond motifs is 1. The van der Waals surface area contributed by atoms with Crippen molar-refractivity contribution < 1.29 is 4.79 Å². The van der Waals surface area contributed by atoms with E-state index in [9.17, 15) is 4.79 Å². The third-order valence-corrected chi connectivity index (χ3v) is 5.03. The number of nitrogens with zero attached hydrogens (tertiary/aromatic N) is 4. The minimum atomic E-state index is -0.111. The fraction of sp³-hybridized carbons (Fsp3) is 0.353. The first kappa shape index (κ1) is 15.3. The van der Waals surface area contributed by atoms with Gasteiger partial charge in [-0.15, -0.1) is 11.3 Å². The van der Waals surface area contributed by atoms with Gasteiger partial charge in [-0.25, -0.2) is 9.97 Å². The Bertz CT molecular complexity index is 857. The molecule has 1 unspecified atom stereocenters. The highest BCUT2D eigenvalue weighted by Crippen LogP contribution is 2.22. The number of hydrogen-bond donors (Lipinski definition) is 1. The van der Waals surface area contributed by atoms with Crippen molar-refractivity contribution >= 4 is 28.0 Å². The number of likely N-dealkylation sites (tertiary alicyclic amines) is 1. The molecule has 1 saturated heterocycles. The molecule has 4 heterocycles. The third kappa shape index (κ3) is 3.05. The fourth-order valence-electron chi connectivity index (χ4n) is 3.23. The molecule has 1 fully saturated rings. The lowest BCUT2D eigenvalue weighted by Crippen LogP contribution is -2.39. The van der Waals surface area contributed by atoms with Crippen LogP contribution in [0.25, 0.3) is 5.65 Å². The molecule has 1 aliphatic heterocycles. The number of nitrogens with one attached hydrogen (secondary N) is 1. The third-order valence-electron chi connectivity index (χ3n) is 4.34. The van der Waals surface area contributed by atoms with Crippen LogP contribution in [0.5, 0.6) is 0 Å². The van der Waals surface area contributed by atoms with Crippen molar-refractivity contribution in [3.8, 4) is 0 Å². The average Bonchev–Trinajstić information content (AvgIpc) is 3.27. The second kappa shape index (κ2) is 6.33. The molecule has 1 aliphatic rings. The van der Waals surface area contributed by atoms with E-state index >= 15 is 0 Å². The Labute approximate surface area is 144 Å². The number of carbonyl (C=O) groups excluding carboxylic acids is 1. The number of rotatable bonds is 4. The lowest BCUT2D eigenvalue weighted by molar-refractivity contribution is -0.120. The fourth-order valence-corrected chi connectivity index (χ4v) is 3.76. The van der Waals surface area contributed by atoms with Gasteiger partial charge in [-0.05, 0) is 37.9 Å². The normalized spacial score (nSPS) is 18.3. The molecule has 0 bridgehead atoms. The minimum absolute atomic E-state index is 0.0297. The molecule has 0 aromatic carbocycles. The SMILES string of the molecule is Cc1ccc2nc(CN3CCCC3C(=O)Nc3nccs3)cn2c1. The highest BCUT2D eigenvalue weighted by Gasteiger charge is 2.31. The van der Waals surface area contributed by atoms with Gasteiger partial charge in [0, 0.05) is 30.5 Å². The largest absolute Gasteiger partial charge is 0.307 e. The predicted molar refractivity (Wildman–Crippen MR) is 94.1 cm³/mol. The van der Waals surface area contributed by atoms with Crippen molar-refractivity contribution in [2.45, 2.75) is 32.4 Å². The lowest BCUT2D eigenvalue weighted by Gasteiger charge is -2.22. The van der Waals surface area contributed by atoms with Gasteiger partial charge in [-0.2, -0.15) is 0 Å². The van der Waals surface area contributed by atoms with Gasteiger partial charge in [0.15, 0.2) is 5.13 Å². The van der Waals surface area contributed by atoms with Crippen LogP contribution >= 0.6 is 11.3 Å². The number of aromatic nitrogens is 3. The Kier molecular flexibility index (Phi) is 4.03. The van der Waals surface area contributed by atoms with Crippen molar-refractivity contribution in [2.75, 3.05) is 11.9 Å². The van der Waals surface area contributed by atoms with Crippen LogP contribution in [-0.4, -0.2) is 37.8 Å². The average molecular weight is 341 g/mol. The maximum Gasteiger partial charge on any atom is 0.243 e.